The van der Waals surface area contributed by atoms with Gasteiger partial charge in [-0.3, -0.25) is 0 Å². The Bertz CT molecular complexity index is 628. The van der Waals surface area contributed by atoms with Gasteiger partial charge in [0.15, 0.2) is 5.82 Å². The molecule has 2 heterocycles. The topological polar surface area (TPSA) is 61.6 Å². The second-order valence-corrected chi connectivity index (χ2v) is 5.83. The minimum Gasteiger partial charge on any atom is -0.365 e. The molecule has 1 unspecified atom stereocenters. The first-order valence-corrected chi connectivity index (χ1v) is 8.19. The second-order valence-electron chi connectivity index (χ2n) is 5.05. The van der Waals surface area contributed by atoms with Crippen LogP contribution in [0.4, 0.5) is 5.82 Å². The molecule has 0 fully saturated rings. The summed E-state index contributed by atoms with van der Waals surface area (Å²) in [7, 11) is 0. The molecule has 2 aromatic rings. The van der Waals surface area contributed by atoms with Crippen LogP contribution in [-0.2, 0) is 19.3 Å². The molecule has 5 heteroatoms. The Morgan fingerprint density at radius 3 is 2.71 bits per heavy atom. The van der Waals surface area contributed by atoms with Gasteiger partial charge in [0.1, 0.15) is 11.6 Å². The summed E-state index contributed by atoms with van der Waals surface area (Å²) in [6, 6.07) is 4.62. The Morgan fingerprint density at radius 1 is 1.33 bits per heavy atom. The first kappa shape index (κ1) is 15.5. The average Bonchev–Trinajstić information content (AvgIpc) is 2.99. The number of rotatable bonds is 6. The molecule has 1 atom stereocenters. The van der Waals surface area contributed by atoms with Crippen LogP contribution < -0.4 is 5.32 Å². The summed E-state index contributed by atoms with van der Waals surface area (Å²) < 4.78 is 0. The van der Waals surface area contributed by atoms with Gasteiger partial charge in [0.05, 0.1) is 5.69 Å². The summed E-state index contributed by atoms with van der Waals surface area (Å²) in [5.74, 6) is 0.606. The van der Waals surface area contributed by atoms with Crippen molar-refractivity contribution in [3.05, 3.63) is 39.2 Å². The third kappa shape index (κ3) is 3.59. The van der Waals surface area contributed by atoms with E-state index >= 15 is 0 Å². The first-order valence-electron chi connectivity index (χ1n) is 7.25. The SMILES string of the molecule is CCc1nnc(NC(C)Cc2ccsc2)c(C#N)c1CC. The van der Waals surface area contributed by atoms with E-state index in [2.05, 4.69) is 52.3 Å². The molecule has 1 N–H and O–H groups in total. The van der Waals surface area contributed by atoms with E-state index in [4.69, 9.17) is 0 Å². The van der Waals surface area contributed by atoms with Gasteiger partial charge in [0, 0.05) is 6.04 Å². The van der Waals surface area contributed by atoms with Crippen LogP contribution in [0.25, 0.3) is 0 Å². The van der Waals surface area contributed by atoms with Crippen molar-refractivity contribution in [2.45, 2.75) is 46.1 Å². The summed E-state index contributed by atoms with van der Waals surface area (Å²) in [5, 5.41) is 25.5. The van der Waals surface area contributed by atoms with Crippen molar-refractivity contribution < 1.29 is 0 Å². The largest absolute Gasteiger partial charge is 0.365 e. The van der Waals surface area contributed by atoms with E-state index in [0.717, 1.165) is 30.5 Å². The molecule has 0 bridgehead atoms. The highest BCUT2D eigenvalue weighted by atomic mass is 32.1. The number of thiophene rings is 1. The van der Waals surface area contributed by atoms with E-state index in [1.165, 1.54) is 5.56 Å². The van der Waals surface area contributed by atoms with Crippen LogP contribution in [0, 0.1) is 11.3 Å². The van der Waals surface area contributed by atoms with Crippen LogP contribution >= 0.6 is 11.3 Å². The average molecular weight is 300 g/mol. The Balaban J connectivity index is 2.21. The van der Waals surface area contributed by atoms with Gasteiger partial charge >= 0.3 is 0 Å². The van der Waals surface area contributed by atoms with Crippen LogP contribution in [0.2, 0.25) is 0 Å². The molecule has 2 aromatic heterocycles. The number of nitriles is 1. The van der Waals surface area contributed by atoms with E-state index in [-0.39, 0.29) is 6.04 Å². The van der Waals surface area contributed by atoms with Gasteiger partial charge in [0.25, 0.3) is 0 Å². The number of nitrogens with one attached hydrogen (secondary N) is 1. The van der Waals surface area contributed by atoms with Crippen molar-refractivity contribution in [2.75, 3.05) is 5.32 Å². The smallest absolute Gasteiger partial charge is 0.167 e. The maximum atomic E-state index is 9.46. The Kier molecular flexibility index (Phi) is 5.29. The minimum absolute atomic E-state index is 0.207. The fourth-order valence-electron chi connectivity index (χ4n) is 2.44. The molecule has 0 amide bonds. The zero-order valence-electron chi connectivity index (χ0n) is 12.7. The van der Waals surface area contributed by atoms with Crippen LogP contribution in [0.3, 0.4) is 0 Å². The normalized spacial score (nSPS) is 11.9. The lowest BCUT2D eigenvalue weighted by Gasteiger charge is -2.16. The molecule has 4 nitrogen and oxygen atoms in total. The maximum Gasteiger partial charge on any atom is 0.167 e. The van der Waals surface area contributed by atoms with E-state index in [1.54, 1.807) is 11.3 Å². The van der Waals surface area contributed by atoms with Crippen LogP contribution in [0.1, 0.15) is 43.2 Å². The van der Waals surface area contributed by atoms with Crippen molar-refractivity contribution in [3.8, 4) is 6.07 Å². The maximum absolute atomic E-state index is 9.46. The molecule has 0 radical (unpaired) electrons. The Hall–Kier alpha value is -1.93. The molecule has 2 rings (SSSR count). The lowest BCUT2D eigenvalue weighted by molar-refractivity contribution is 0.772. The van der Waals surface area contributed by atoms with E-state index < -0.39 is 0 Å². The molecule has 0 aromatic carbocycles. The van der Waals surface area contributed by atoms with Crippen LogP contribution in [0.15, 0.2) is 16.8 Å². The van der Waals surface area contributed by atoms with E-state index in [1.807, 2.05) is 6.92 Å². The van der Waals surface area contributed by atoms with Gasteiger partial charge in [-0.15, -0.1) is 5.10 Å². The Labute approximate surface area is 129 Å². The lowest BCUT2D eigenvalue weighted by Crippen LogP contribution is -2.21. The van der Waals surface area contributed by atoms with Gasteiger partial charge in [0.2, 0.25) is 0 Å². The zero-order chi connectivity index (χ0) is 15.2. The highest BCUT2D eigenvalue weighted by Gasteiger charge is 2.15. The summed E-state index contributed by atoms with van der Waals surface area (Å²) in [6.45, 7) is 6.19. The molecule has 0 saturated heterocycles. The lowest BCUT2D eigenvalue weighted by atomic mass is 10.0. The minimum atomic E-state index is 0.207. The Morgan fingerprint density at radius 2 is 2.14 bits per heavy atom. The summed E-state index contributed by atoms with van der Waals surface area (Å²) >= 11 is 1.70. The third-order valence-corrected chi connectivity index (χ3v) is 4.20. The molecule has 0 spiro atoms. The first-order chi connectivity index (χ1) is 10.2. The van der Waals surface area contributed by atoms with Crippen LogP contribution in [-0.4, -0.2) is 16.2 Å². The highest BCUT2D eigenvalue weighted by molar-refractivity contribution is 7.07. The van der Waals surface area contributed by atoms with Gasteiger partial charge in [-0.25, -0.2) is 0 Å². The fourth-order valence-corrected chi connectivity index (χ4v) is 3.12. The molecular formula is C16H20N4S. The summed E-state index contributed by atoms with van der Waals surface area (Å²) in [6.07, 6.45) is 2.51. The molecule has 21 heavy (non-hydrogen) atoms. The predicted molar refractivity (Wildman–Crippen MR) is 86.6 cm³/mol. The highest BCUT2D eigenvalue weighted by Crippen LogP contribution is 2.21. The van der Waals surface area contributed by atoms with Gasteiger partial charge in [-0.1, -0.05) is 13.8 Å². The number of aryl methyl sites for hydroxylation is 1. The molecule has 110 valence electrons. The summed E-state index contributed by atoms with van der Waals surface area (Å²) in [4.78, 5) is 0. The van der Waals surface area contributed by atoms with Gasteiger partial charge in [-0.05, 0) is 54.1 Å². The zero-order valence-corrected chi connectivity index (χ0v) is 13.5. The third-order valence-electron chi connectivity index (χ3n) is 3.46. The van der Waals surface area contributed by atoms with Gasteiger partial charge < -0.3 is 5.32 Å². The number of hydrogen-bond acceptors (Lipinski definition) is 5. The standard InChI is InChI=1S/C16H20N4S/c1-4-13-14(9-17)16(20-19-15(13)5-2)18-11(3)8-12-6-7-21-10-12/h6-7,10-11H,4-5,8H2,1-3H3,(H,18,20). The van der Waals surface area contributed by atoms with Crippen molar-refractivity contribution in [1.29, 1.82) is 5.26 Å². The molecule has 0 aliphatic carbocycles. The molecule has 0 aliphatic heterocycles. The van der Waals surface area contributed by atoms with E-state index in [9.17, 15) is 5.26 Å². The van der Waals surface area contributed by atoms with Crippen LogP contribution in [0.5, 0.6) is 0 Å². The van der Waals surface area contributed by atoms with Crippen molar-refractivity contribution >= 4 is 17.2 Å². The van der Waals surface area contributed by atoms with Gasteiger partial charge in [-0.2, -0.15) is 21.7 Å². The van der Waals surface area contributed by atoms with Crippen molar-refractivity contribution in [3.63, 3.8) is 0 Å². The predicted octanol–water partition coefficient (Wildman–Crippen LogP) is 3.58. The number of nitrogens with zero attached hydrogens (tertiary/aromatic N) is 3. The number of aromatic nitrogens is 2. The number of anilines is 1. The summed E-state index contributed by atoms with van der Waals surface area (Å²) in [5.41, 5.74) is 3.87. The second kappa shape index (κ2) is 7.19. The fraction of sp³-hybridized carbons (Fsp3) is 0.438. The number of hydrogen-bond donors (Lipinski definition) is 1. The van der Waals surface area contributed by atoms with Crippen molar-refractivity contribution in [1.82, 2.24) is 10.2 Å². The molecule has 0 saturated carbocycles. The monoisotopic (exact) mass is 300 g/mol. The molecular weight excluding hydrogens is 280 g/mol. The quantitative estimate of drug-likeness (QED) is 0.885. The van der Waals surface area contributed by atoms with Crippen molar-refractivity contribution in [2.24, 2.45) is 0 Å². The van der Waals surface area contributed by atoms with E-state index in [0.29, 0.717) is 11.4 Å². The molecule has 0 aliphatic rings.